The Kier molecular flexibility index (Phi) is 3.14. The number of aryl methyl sites for hydroxylation is 1. The maximum atomic E-state index is 4.38. The van der Waals surface area contributed by atoms with E-state index in [-0.39, 0.29) is 6.04 Å². The molecule has 0 saturated carbocycles. The predicted molar refractivity (Wildman–Crippen MR) is 64.2 cm³/mol. The summed E-state index contributed by atoms with van der Waals surface area (Å²) in [5, 5.41) is 5.48. The van der Waals surface area contributed by atoms with Crippen molar-refractivity contribution in [1.29, 1.82) is 0 Å². The van der Waals surface area contributed by atoms with Gasteiger partial charge in [0.1, 0.15) is 0 Å². The summed E-state index contributed by atoms with van der Waals surface area (Å²) in [6.45, 7) is 2.12. The molecule has 0 amide bonds. The summed E-state index contributed by atoms with van der Waals surface area (Å²) in [5.74, 6) is 0. The lowest BCUT2D eigenvalue weighted by molar-refractivity contribution is 0.673. The van der Waals surface area contributed by atoms with Gasteiger partial charge in [-0.25, -0.2) is 0 Å². The molecule has 0 saturated heterocycles. The lowest BCUT2D eigenvalue weighted by atomic mass is 10.1. The number of hydrogen-bond acceptors (Lipinski definition) is 3. The third-order valence-corrected chi connectivity index (χ3v) is 3.24. The van der Waals surface area contributed by atoms with E-state index in [1.165, 1.54) is 10.4 Å². The fraction of sp³-hybridized carbons (Fsp3) is 0.250. The van der Waals surface area contributed by atoms with Gasteiger partial charge in [0.15, 0.2) is 0 Å². The normalized spacial score (nSPS) is 12.7. The molecule has 2 aromatic heterocycles. The highest BCUT2D eigenvalue weighted by Gasteiger charge is 2.13. The number of thiophene rings is 1. The molecule has 2 rings (SSSR count). The van der Waals surface area contributed by atoms with Crippen LogP contribution < -0.4 is 5.32 Å². The van der Waals surface area contributed by atoms with E-state index in [0.29, 0.717) is 0 Å². The molecule has 15 heavy (non-hydrogen) atoms. The van der Waals surface area contributed by atoms with Crippen LogP contribution in [0.4, 0.5) is 0 Å². The Morgan fingerprint density at radius 3 is 2.80 bits per heavy atom. The molecule has 1 atom stereocenters. The fourth-order valence-corrected chi connectivity index (χ4v) is 2.38. The Bertz CT molecular complexity index is 422. The topological polar surface area (TPSA) is 24.9 Å². The molecule has 0 aliphatic carbocycles. The van der Waals surface area contributed by atoms with Crippen LogP contribution in [0.3, 0.4) is 0 Å². The summed E-state index contributed by atoms with van der Waals surface area (Å²) in [6, 6.07) is 8.42. The van der Waals surface area contributed by atoms with E-state index in [1.54, 1.807) is 11.3 Å². The van der Waals surface area contributed by atoms with Gasteiger partial charge >= 0.3 is 0 Å². The third kappa shape index (κ3) is 2.25. The van der Waals surface area contributed by atoms with Crippen LogP contribution in [0.2, 0.25) is 0 Å². The first-order valence-corrected chi connectivity index (χ1v) is 5.82. The number of nitrogens with one attached hydrogen (secondary N) is 1. The van der Waals surface area contributed by atoms with E-state index in [1.807, 2.05) is 31.4 Å². The first-order valence-electron chi connectivity index (χ1n) is 4.94. The monoisotopic (exact) mass is 218 g/mol. The average Bonchev–Trinajstić information content (AvgIpc) is 2.68. The predicted octanol–water partition coefficient (Wildman–Crippen LogP) is 2.76. The zero-order valence-corrected chi connectivity index (χ0v) is 9.71. The molecule has 2 heterocycles. The molecule has 0 bridgehead atoms. The maximum absolute atomic E-state index is 4.38. The number of nitrogens with zero attached hydrogens (tertiary/aromatic N) is 1. The highest BCUT2D eigenvalue weighted by Crippen LogP contribution is 2.24. The van der Waals surface area contributed by atoms with Crippen molar-refractivity contribution >= 4 is 11.3 Å². The summed E-state index contributed by atoms with van der Waals surface area (Å²) in [6.07, 6.45) is 1.83. The Labute approximate surface area is 94.0 Å². The van der Waals surface area contributed by atoms with E-state index >= 15 is 0 Å². The van der Waals surface area contributed by atoms with Crippen molar-refractivity contribution in [2.24, 2.45) is 0 Å². The van der Waals surface area contributed by atoms with E-state index in [9.17, 15) is 0 Å². The summed E-state index contributed by atoms with van der Waals surface area (Å²) in [5.41, 5.74) is 2.36. The second kappa shape index (κ2) is 4.55. The Hall–Kier alpha value is -1.19. The summed E-state index contributed by atoms with van der Waals surface area (Å²) >= 11 is 1.77. The van der Waals surface area contributed by atoms with Crippen LogP contribution in [-0.2, 0) is 0 Å². The van der Waals surface area contributed by atoms with Crippen molar-refractivity contribution in [1.82, 2.24) is 10.3 Å². The minimum absolute atomic E-state index is 0.205. The van der Waals surface area contributed by atoms with Crippen molar-refractivity contribution in [2.75, 3.05) is 7.05 Å². The van der Waals surface area contributed by atoms with Crippen LogP contribution in [-0.4, -0.2) is 12.0 Å². The summed E-state index contributed by atoms with van der Waals surface area (Å²) in [7, 11) is 1.96. The zero-order chi connectivity index (χ0) is 10.7. The molecule has 2 nitrogen and oxygen atoms in total. The summed E-state index contributed by atoms with van der Waals surface area (Å²) < 4.78 is 0. The molecule has 78 valence electrons. The van der Waals surface area contributed by atoms with Crippen molar-refractivity contribution < 1.29 is 0 Å². The van der Waals surface area contributed by atoms with Gasteiger partial charge in [-0.15, -0.1) is 11.3 Å². The van der Waals surface area contributed by atoms with E-state index < -0.39 is 0 Å². The smallest absolute Gasteiger partial charge is 0.0757 e. The van der Waals surface area contributed by atoms with Gasteiger partial charge in [0, 0.05) is 11.1 Å². The molecule has 0 aromatic carbocycles. The molecule has 1 N–H and O–H groups in total. The second-order valence-electron chi connectivity index (χ2n) is 3.47. The molecule has 0 radical (unpaired) electrons. The number of pyridine rings is 1. The van der Waals surface area contributed by atoms with Crippen molar-refractivity contribution in [2.45, 2.75) is 13.0 Å². The van der Waals surface area contributed by atoms with Crippen LogP contribution in [0.15, 0.2) is 35.8 Å². The minimum atomic E-state index is 0.205. The maximum Gasteiger partial charge on any atom is 0.0757 e. The molecule has 0 spiro atoms. The number of aromatic nitrogens is 1. The van der Waals surface area contributed by atoms with E-state index in [4.69, 9.17) is 0 Å². The van der Waals surface area contributed by atoms with Crippen LogP contribution in [0.5, 0.6) is 0 Å². The first-order chi connectivity index (χ1) is 7.31. The van der Waals surface area contributed by atoms with Gasteiger partial charge < -0.3 is 5.32 Å². The van der Waals surface area contributed by atoms with Crippen molar-refractivity contribution in [3.05, 3.63) is 52.0 Å². The molecule has 3 heteroatoms. The van der Waals surface area contributed by atoms with Crippen molar-refractivity contribution in [3.8, 4) is 0 Å². The lowest BCUT2D eigenvalue weighted by Crippen LogP contribution is -2.17. The van der Waals surface area contributed by atoms with Crippen LogP contribution in [0.25, 0.3) is 0 Å². The Balaban J connectivity index is 2.33. The first kappa shape index (κ1) is 10.3. The van der Waals surface area contributed by atoms with Gasteiger partial charge in [0.25, 0.3) is 0 Å². The van der Waals surface area contributed by atoms with Gasteiger partial charge in [0.05, 0.1) is 11.7 Å². The number of rotatable bonds is 3. The highest BCUT2D eigenvalue weighted by molar-refractivity contribution is 7.10. The van der Waals surface area contributed by atoms with Crippen molar-refractivity contribution in [3.63, 3.8) is 0 Å². The quantitative estimate of drug-likeness (QED) is 0.857. The molecule has 0 fully saturated rings. The van der Waals surface area contributed by atoms with Gasteiger partial charge in [-0.3, -0.25) is 4.98 Å². The fourth-order valence-electron chi connectivity index (χ4n) is 1.65. The standard InChI is InChI=1S/C12H14N2S/c1-9-7-10(8-15-9)12(13-2)11-5-3-4-6-14-11/h3-8,12-13H,1-2H3. The van der Waals surface area contributed by atoms with Gasteiger partial charge in [-0.05, 0) is 43.1 Å². The highest BCUT2D eigenvalue weighted by atomic mass is 32.1. The van der Waals surface area contributed by atoms with Gasteiger partial charge in [0.2, 0.25) is 0 Å². The van der Waals surface area contributed by atoms with Gasteiger partial charge in [-0.1, -0.05) is 6.07 Å². The molecular formula is C12H14N2S. The molecule has 1 unspecified atom stereocenters. The van der Waals surface area contributed by atoms with E-state index in [2.05, 4.69) is 28.7 Å². The summed E-state index contributed by atoms with van der Waals surface area (Å²) in [4.78, 5) is 5.71. The molecule has 2 aromatic rings. The largest absolute Gasteiger partial charge is 0.308 e. The number of hydrogen-bond donors (Lipinski definition) is 1. The lowest BCUT2D eigenvalue weighted by Gasteiger charge is -2.13. The van der Waals surface area contributed by atoms with E-state index in [0.717, 1.165) is 5.69 Å². The SMILES string of the molecule is CNC(c1csc(C)c1)c1ccccn1. The van der Waals surface area contributed by atoms with Crippen LogP contribution in [0, 0.1) is 6.92 Å². The molecule has 0 aliphatic heterocycles. The molecule has 0 aliphatic rings. The second-order valence-corrected chi connectivity index (χ2v) is 4.58. The van der Waals surface area contributed by atoms with Crippen LogP contribution >= 0.6 is 11.3 Å². The van der Waals surface area contributed by atoms with Crippen LogP contribution in [0.1, 0.15) is 22.2 Å². The Morgan fingerprint density at radius 1 is 1.40 bits per heavy atom. The molecular weight excluding hydrogens is 204 g/mol. The zero-order valence-electron chi connectivity index (χ0n) is 8.90. The minimum Gasteiger partial charge on any atom is -0.308 e. The van der Waals surface area contributed by atoms with Gasteiger partial charge in [-0.2, -0.15) is 0 Å². The third-order valence-electron chi connectivity index (χ3n) is 2.36. The Morgan fingerprint density at radius 2 is 2.27 bits per heavy atom. The average molecular weight is 218 g/mol.